The lowest BCUT2D eigenvalue weighted by atomic mass is 9.98. The Morgan fingerprint density at radius 3 is 2.32 bits per heavy atom. The number of carbonyl (C=O) groups excluding carboxylic acids is 2. The van der Waals surface area contributed by atoms with E-state index >= 15 is 0 Å². The van der Waals surface area contributed by atoms with Crippen molar-refractivity contribution in [2.75, 3.05) is 20.2 Å². The van der Waals surface area contributed by atoms with Gasteiger partial charge in [-0.3, -0.25) is 4.79 Å². The summed E-state index contributed by atoms with van der Waals surface area (Å²) in [6, 6.07) is 5.18. The number of sulfonamides is 1. The Balaban J connectivity index is 1.61. The van der Waals surface area contributed by atoms with Crippen molar-refractivity contribution in [3.05, 3.63) is 52.5 Å². The number of ether oxygens (including phenoxy) is 2. The second-order valence-electron chi connectivity index (χ2n) is 7.76. The summed E-state index contributed by atoms with van der Waals surface area (Å²) in [5.74, 6) is -1.21. The second-order valence-corrected chi connectivity index (χ2v) is 9.64. The molecule has 2 heterocycles. The minimum Gasteiger partial charge on any atom is -0.465 e. The summed E-state index contributed by atoms with van der Waals surface area (Å²) in [6.07, 6.45) is 2.06. The topological polar surface area (TPSA) is 103 Å². The van der Waals surface area contributed by atoms with E-state index in [4.69, 9.17) is 9.15 Å². The molecule has 0 N–H and O–H groups in total. The molecule has 1 aliphatic heterocycles. The van der Waals surface area contributed by atoms with Crippen LogP contribution < -0.4 is 0 Å². The van der Waals surface area contributed by atoms with Crippen LogP contribution in [0.5, 0.6) is 0 Å². The summed E-state index contributed by atoms with van der Waals surface area (Å²) in [5, 5.41) is 0. The van der Waals surface area contributed by atoms with Crippen LogP contribution in [0.25, 0.3) is 0 Å². The van der Waals surface area contributed by atoms with Crippen molar-refractivity contribution in [2.24, 2.45) is 5.92 Å². The highest BCUT2D eigenvalue weighted by molar-refractivity contribution is 7.89. The van der Waals surface area contributed by atoms with Gasteiger partial charge in [0.2, 0.25) is 10.0 Å². The van der Waals surface area contributed by atoms with E-state index in [-0.39, 0.29) is 31.0 Å². The standard InChI is InChI=1S/C22H27NO7S/c1-14-11-15(2)20(16(3)12-14)31(26,27)23-8-5-17(6-9-23)21(24)30-13-19-18(7-10-29-19)22(25)28-4/h7,10-12,17H,5-6,8-9,13H2,1-4H3. The van der Waals surface area contributed by atoms with E-state index in [9.17, 15) is 18.0 Å². The number of benzene rings is 1. The summed E-state index contributed by atoms with van der Waals surface area (Å²) in [7, 11) is -2.38. The van der Waals surface area contributed by atoms with Crippen molar-refractivity contribution >= 4 is 22.0 Å². The molecule has 0 saturated carbocycles. The molecule has 0 aliphatic carbocycles. The van der Waals surface area contributed by atoms with Gasteiger partial charge in [0.25, 0.3) is 0 Å². The highest BCUT2D eigenvalue weighted by atomic mass is 32.2. The molecular weight excluding hydrogens is 422 g/mol. The Hall–Kier alpha value is -2.65. The molecule has 1 saturated heterocycles. The predicted molar refractivity (Wildman–Crippen MR) is 112 cm³/mol. The quantitative estimate of drug-likeness (QED) is 0.624. The fraction of sp³-hybridized carbons (Fsp3) is 0.455. The molecule has 0 unspecified atom stereocenters. The molecular formula is C22H27NO7S. The number of hydrogen-bond acceptors (Lipinski definition) is 7. The molecule has 1 aliphatic rings. The lowest BCUT2D eigenvalue weighted by Gasteiger charge is -2.31. The van der Waals surface area contributed by atoms with Gasteiger partial charge in [-0.05, 0) is 50.8 Å². The van der Waals surface area contributed by atoms with Crippen LogP contribution in [0.4, 0.5) is 0 Å². The van der Waals surface area contributed by atoms with Gasteiger partial charge in [0.1, 0.15) is 12.2 Å². The summed E-state index contributed by atoms with van der Waals surface area (Å²) < 4.78 is 43.0. The van der Waals surface area contributed by atoms with Crippen LogP contribution in [0.15, 0.2) is 33.8 Å². The molecule has 0 bridgehead atoms. The van der Waals surface area contributed by atoms with Crippen LogP contribution in [0.2, 0.25) is 0 Å². The molecule has 1 aromatic heterocycles. The third-order valence-corrected chi connectivity index (χ3v) is 7.69. The monoisotopic (exact) mass is 449 g/mol. The van der Waals surface area contributed by atoms with Crippen molar-refractivity contribution in [3.8, 4) is 0 Å². The van der Waals surface area contributed by atoms with E-state index in [0.29, 0.717) is 17.7 Å². The van der Waals surface area contributed by atoms with Crippen LogP contribution in [-0.2, 0) is 30.9 Å². The SMILES string of the molecule is COC(=O)c1ccoc1COC(=O)C1CCN(S(=O)(=O)c2c(C)cc(C)cc2C)CC1. The molecule has 0 spiro atoms. The number of methoxy groups -OCH3 is 1. The first-order chi connectivity index (χ1) is 14.6. The largest absolute Gasteiger partial charge is 0.465 e. The zero-order valence-electron chi connectivity index (χ0n) is 18.1. The van der Waals surface area contributed by atoms with Gasteiger partial charge >= 0.3 is 11.9 Å². The van der Waals surface area contributed by atoms with Crippen molar-refractivity contribution in [2.45, 2.75) is 45.1 Å². The highest BCUT2D eigenvalue weighted by Gasteiger charge is 2.34. The Morgan fingerprint density at radius 2 is 1.74 bits per heavy atom. The Bertz CT molecular complexity index is 1060. The maximum absolute atomic E-state index is 13.2. The second kappa shape index (κ2) is 9.23. The number of furan rings is 1. The lowest BCUT2D eigenvalue weighted by Crippen LogP contribution is -2.41. The smallest absolute Gasteiger partial charge is 0.341 e. The fourth-order valence-corrected chi connectivity index (χ4v) is 5.91. The molecule has 2 aromatic rings. The number of piperidine rings is 1. The molecule has 9 heteroatoms. The summed E-state index contributed by atoms with van der Waals surface area (Å²) in [5.41, 5.74) is 2.67. The van der Waals surface area contributed by atoms with E-state index < -0.39 is 27.9 Å². The molecule has 0 radical (unpaired) electrons. The number of hydrogen-bond donors (Lipinski definition) is 0. The fourth-order valence-electron chi connectivity index (χ4n) is 4.03. The van der Waals surface area contributed by atoms with Crippen molar-refractivity contribution in [3.63, 3.8) is 0 Å². The van der Waals surface area contributed by atoms with Crippen molar-refractivity contribution < 1.29 is 31.9 Å². The number of carbonyl (C=O) groups is 2. The number of rotatable bonds is 6. The molecule has 3 rings (SSSR count). The average molecular weight is 450 g/mol. The van der Waals surface area contributed by atoms with Crippen LogP contribution in [-0.4, -0.2) is 44.9 Å². The first kappa shape index (κ1) is 23.0. The maximum atomic E-state index is 13.2. The molecule has 1 aromatic carbocycles. The van der Waals surface area contributed by atoms with Gasteiger partial charge in [0.05, 0.1) is 24.2 Å². The van der Waals surface area contributed by atoms with Gasteiger partial charge in [0, 0.05) is 13.1 Å². The van der Waals surface area contributed by atoms with Gasteiger partial charge in [-0.15, -0.1) is 0 Å². The van der Waals surface area contributed by atoms with E-state index in [0.717, 1.165) is 16.7 Å². The summed E-state index contributed by atoms with van der Waals surface area (Å²) in [4.78, 5) is 24.5. The minimum absolute atomic E-state index is 0.184. The van der Waals surface area contributed by atoms with Gasteiger partial charge in [-0.25, -0.2) is 13.2 Å². The summed E-state index contributed by atoms with van der Waals surface area (Å²) >= 11 is 0. The average Bonchev–Trinajstić information content (AvgIpc) is 3.19. The number of esters is 2. The molecule has 8 nitrogen and oxygen atoms in total. The lowest BCUT2D eigenvalue weighted by molar-refractivity contribution is -0.151. The van der Waals surface area contributed by atoms with Crippen LogP contribution in [0, 0.1) is 26.7 Å². The van der Waals surface area contributed by atoms with E-state index in [1.54, 1.807) is 13.8 Å². The third kappa shape index (κ3) is 4.83. The maximum Gasteiger partial charge on any atom is 0.341 e. The summed E-state index contributed by atoms with van der Waals surface area (Å²) in [6.45, 7) is 5.83. The van der Waals surface area contributed by atoms with Crippen LogP contribution >= 0.6 is 0 Å². The minimum atomic E-state index is -3.64. The third-order valence-electron chi connectivity index (χ3n) is 5.49. The van der Waals surface area contributed by atoms with E-state index in [1.165, 1.54) is 23.7 Å². The Labute approximate surface area is 182 Å². The van der Waals surface area contributed by atoms with Gasteiger partial charge in [-0.2, -0.15) is 4.31 Å². The molecule has 31 heavy (non-hydrogen) atoms. The Morgan fingerprint density at radius 1 is 1.13 bits per heavy atom. The zero-order chi connectivity index (χ0) is 22.8. The van der Waals surface area contributed by atoms with Gasteiger partial charge in [0.15, 0.2) is 5.76 Å². The normalized spacial score (nSPS) is 15.6. The predicted octanol–water partition coefficient (Wildman–Crippen LogP) is 3.14. The van der Waals surface area contributed by atoms with E-state index in [2.05, 4.69) is 4.74 Å². The van der Waals surface area contributed by atoms with Crippen LogP contribution in [0.1, 0.15) is 45.7 Å². The van der Waals surface area contributed by atoms with Gasteiger partial charge < -0.3 is 13.9 Å². The van der Waals surface area contributed by atoms with E-state index in [1.807, 2.05) is 19.1 Å². The number of aryl methyl sites for hydroxylation is 3. The van der Waals surface area contributed by atoms with Crippen LogP contribution in [0.3, 0.4) is 0 Å². The first-order valence-electron chi connectivity index (χ1n) is 10.0. The van der Waals surface area contributed by atoms with Crippen molar-refractivity contribution in [1.82, 2.24) is 4.31 Å². The zero-order valence-corrected chi connectivity index (χ0v) is 19.0. The highest BCUT2D eigenvalue weighted by Crippen LogP contribution is 2.29. The van der Waals surface area contributed by atoms with Crippen molar-refractivity contribution in [1.29, 1.82) is 0 Å². The molecule has 168 valence electrons. The first-order valence-corrected chi connectivity index (χ1v) is 11.5. The Kier molecular flexibility index (Phi) is 6.86. The number of nitrogens with zero attached hydrogens (tertiary/aromatic N) is 1. The molecule has 0 atom stereocenters. The molecule has 0 amide bonds. The van der Waals surface area contributed by atoms with Gasteiger partial charge in [-0.1, -0.05) is 17.7 Å². The molecule has 1 fully saturated rings.